The molecule has 0 atom stereocenters. The molecule has 3 amide bonds. The molecule has 3 fully saturated rings. The second-order valence-electron chi connectivity index (χ2n) is 9.57. The summed E-state index contributed by atoms with van der Waals surface area (Å²) >= 11 is 0. The fourth-order valence-electron chi connectivity index (χ4n) is 4.57. The Morgan fingerprint density at radius 2 is 1.89 bits per heavy atom. The van der Waals surface area contributed by atoms with Crippen LogP contribution < -0.4 is 11.1 Å². The average Bonchev–Trinajstić information content (AvgIpc) is 3.12. The maximum atomic E-state index is 13.1. The van der Waals surface area contributed by atoms with Gasteiger partial charge in [0, 0.05) is 0 Å². The van der Waals surface area contributed by atoms with Gasteiger partial charge in [0.2, 0.25) is 5.89 Å². The molecule has 2 saturated carbocycles. The van der Waals surface area contributed by atoms with E-state index in [-0.39, 0.29) is 29.8 Å². The van der Waals surface area contributed by atoms with Gasteiger partial charge in [-0.25, -0.2) is 4.79 Å². The molecule has 0 bridgehead atoms. The number of imide groups is 1. The molecule has 3 N–H and O–H groups in total. The predicted octanol–water partition coefficient (Wildman–Crippen LogP) is 2.43. The van der Waals surface area contributed by atoms with Gasteiger partial charge in [-0.2, -0.15) is 4.98 Å². The molecule has 27 heavy (non-hydrogen) atoms. The topological polar surface area (TPSA) is 114 Å². The lowest BCUT2D eigenvalue weighted by molar-refractivity contribution is -0.133. The van der Waals surface area contributed by atoms with E-state index in [1.54, 1.807) is 0 Å². The molecule has 8 heteroatoms. The Morgan fingerprint density at radius 1 is 1.22 bits per heavy atom. The molecule has 0 radical (unpaired) electrons. The number of amides is 3. The molecular formula is C19H29N5O3. The Kier molecular flexibility index (Phi) is 4.10. The first kappa shape index (κ1) is 18.4. The summed E-state index contributed by atoms with van der Waals surface area (Å²) in [5.74, 6) is 1.11. The van der Waals surface area contributed by atoms with Crippen LogP contribution in [0.3, 0.4) is 0 Å². The number of carbonyl (C=O) groups excluding carboxylic acids is 2. The van der Waals surface area contributed by atoms with Crippen LogP contribution in [0.5, 0.6) is 0 Å². The molecule has 1 aliphatic heterocycles. The summed E-state index contributed by atoms with van der Waals surface area (Å²) in [6.45, 7) is 6.70. The van der Waals surface area contributed by atoms with Gasteiger partial charge in [0.1, 0.15) is 12.1 Å². The molecule has 1 aromatic rings. The van der Waals surface area contributed by atoms with Crippen LogP contribution in [0.25, 0.3) is 0 Å². The van der Waals surface area contributed by atoms with Crippen LogP contribution in [0.2, 0.25) is 0 Å². The van der Waals surface area contributed by atoms with Crippen LogP contribution in [-0.2, 0) is 16.9 Å². The number of nitrogens with one attached hydrogen (secondary N) is 1. The largest absolute Gasteiger partial charge is 0.337 e. The van der Waals surface area contributed by atoms with Crippen molar-refractivity contribution in [3.05, 3.63) is 11.7 Å². The molecular weight excluding hydrogens is 346 g/mol. The summed E-state index contributed by atoms with van der Waals surface area (Å²) in [6, 6.07) is -0.375. The van der Waals surface area contributed by atoms with Crippen molar-refractivity contribution in [2.75, 3.05) is 0 Å². The van der Waals surface area contributed by atoms with E-state index in [4.69, 9.17) is 10.3 Å². The standard InChI is InChI=1S/C19H29N5O3/c1-17(2,3)12-5-9-19(10-6-12)15(25)24(16(26)22-19)11-13-21-14(23-27-13)18(20)7-4-8-18/h12H,4-11,20H2,1-3H3,(H,22,26). The lowest BCUT2D eigenvalue weighted by Gasteiger charge is -2.40. The molecule has 2 aliphatic carbocycles. The predicted molar refractivity (Wildman–Crippen MR) is 97.2 cm³/mol. The minimum atomic E-state index is -0.773. The Labute approximate surface area is 159 Å². The zero-order valence-electron chi connectivity index (χ0n) is 16.4. The van der Waals surface area contributed by atoms with Crippen LogP contribution in [0.4, 0.5) is 4.79 Å². The van der Waals surface area contributed by atoms with Crippen molar-refractivity contribution in [3.63, 3.8) is 0 Å². The van der Waals surface area contributed by atoms with Crippen molar-refractivity contribution in [2.24, 2.45) is 17.1 Å². The summed E-state index contributed by atoms with van der Waals surface area (Å²) in [6.07, 6.45) is 5.92. The zero-order chi connectivity index (χ0) is 19.4. The number of rotatable bonds is 3. The number of hydrogen-bond acceptors (Lipinski definition) is 6. The number of carbonyl (C=O) groups is 2. The molecule has 1 spiro atoms. The van der Waals surface area contributed by atoms with Gasteiger partial charge in [0.25, 0.3) is 5.91 Å². The van der Waals surface area contributed by atoms with Gasteiger partial charge in [-0.1, -0.05) is 25.9 Å². The summed E-state index contributed by atoms with van der Waals surface area (Å²) in [7, 11) is 0. The van der Waals surface area contributed by atoms with Crippen LogP contribution in [0.15, 0.2) is 4.52 Å². The summed E-state index contributed by atoms with van der Waals surface area (Å²) in [4.78, 5) is 31.1. The SMILES string of the molecule is CC(C)(C)C1CCC2(CC1)NC(=O)N(Cc1nc(C3(N)CCC3)no1)C2=O. The van der Waals surface area contributed by atoms with Crippen molar-refractivity contribution in [3.8, 4) is 0 Å². The highest BCUT2D eigenvalue weighted by molar-refractivity contribution is 6.06. The second-order valence-corrected chi connectivity index (χ2v) is 9.57. The summed E-state index contributed by atoms with van der Waals surface area (Å²) < 4.78 is 5.27. The lowest BCUT2D eigenvalue weighted by Crippen LogP contribution is -2.50. The van der Waals surface area contributed by atoms with Crippen molar-refractivity contribution in [1.29, 1.82) is 0 Å². The fourth-order valence-corrected chi connectivity index (χ4v) is 4.57. The smallest absolute Gasteiger partial charge is 0.325 e. The third-order valence-corrected chi connectivity index (χ3v) is 6.76. The molecule has 4 rings (SSSR count). The average molecular weight is 375 g/mol. The highest BCUT2D eigenvalue weighted by Crippen LogP contribution is 2.43. The minimum absolute atomic E-state index is 0.00179. The van der Waals surface area contributed by atoms with Crippen LogP contribution >= 0.6 is 0 Å². The van der Waals surface area contributed by atoms with E-state index >= 15 is 0 Å². The fraction of sp³-hybridized carbons (Fsp3) is 0.789. The number of nitrogens with zero attached hydrogens (tertiary/aromatic N) is 3. The van der Waals surface area contributed by atoms with E-state index in [0.717, 1.165) is 32.1 Å². The van der Waals surface area contributed by atoms with Crippen molar-refractivity contribution >= 4 is 11.9 Å². The van der Waals surface area contributed by atoms with E-state index in [0.29, 0.717) is 24.6 Å². The normalized spacial score (nSPS) is 30.5. The Bertz CT molecular complexity index is 754. The summed E-state index contributed by atoms with van der Waals surface area (Å²) in [5, 5.41) is 6.91. The number of nitrogens with two attached hydrogens (primary N) is 1. The van der Waals surface area contributed by atoms with E-state index in [2.05, 4.69) is 36.2 Å². The maximum Gasteiger partial charge on any atom is 0.325 e. The molecule has 3 aliphatic rings. The van der Waals surface area contributed by atoms with Gasteiger partial charge in [0.15, 0.2) is 5.82 Å². The van der Waals surface area contributed by atoms with Gasteiger partial charge in [-0.05, 0) is 56.3 Å². The Balaban J connectivity index is 1.45. The highest BCUT2D eigenvalue weighted by Gasteiger charge is 2.53. The number of hydrogen-bond donors (Lipinski definition) is 2. The van der Waals surface area contributed by atoms with Crippen LogP contribution in [0, 0.1) is 11.3 Å². The molecule has 0 aromatic carbocycles. The molecule has 8 nitrogen and oxygen atoms in total. The quantitative estimate of drug-likeness (QED) is 0.784. The van der Waals surface area contributed by atoms with E-state index in [1.807, 2.05) is 0 Å². The van der Waals surface area contributed by atoms with Crippen LogP contribution in [0.1, 0.15) is 77.4 Å². The molecule has 0 unspecified atom stereocenters. The van der Waals surface area contributed by atoms with Crippen LogP contribution in [-0.4, -0.2) is 32.5 Å². The van der Waals surface area contributed by atoms with Gasteiger partial charge in [0.05, 0.1) is 5.54 Å². The van der Waals surface area contributed by atoms with E-state index in [1.165, 1.54) is 4.90 Å². The van der Waals surface area contributed by atoms with Gasteiger partial charge >= 0.3 is 6.03 Å². The first-order valence-corrected chi connectivity index (χ1v) is 9.89. The third-order valence-electron chi connectivity index (χ3n) is 6.76. The molecule has 148 valence electrons. The second kappa shape index (κ2) is 6.02. The Morgan fingerprint density at radius 3 is 2.44 bits per heavy atom. The lowest BCUT2D eigenvalue weighted by atomic mass is 9.67. The van der Waals surface area contributed by atoms with Gasteiger partial charge < -0.3 is 15.6 Å². The molecule has 1 aromatic heterocycles. The molecule has 1 saturated heterocycles. The van der Waals surface area contributed by atoms with E-state index in [9.17, 15) is 9.59 Å². The number of urea groups is 1. The monoisotopic (exact) mass is 375 g/mol. The first-order valence-electron chi connectivity index (χ1n) is 9.89. The third kappa shape index (κ3) is 3.03. The zero-order valence-corrected chi connectivity index (χ0v) is 16.4. The van der Waals surface area contributed by atoms with E-state index < -0.39 is 11.1 Å². The Hall–Kier alpha value is -1.96. The van der Waals surface area contributed by atoms with Crippen molar-refractivity contribution < 1.29 is 14.1 Å². The highest BCUT2D eigenvalue weighted by atomic mass is 16.5. The minimum Gasteiger partial charge on any atom is -0.337 e. The summed E-state index contributed by atoms with van der Waals surface area (Å²) in [5.41, 5.74) is 5.13. The van der Waals surface area contributed by atoms with Crippen molar-refractivity contribution in [2.45, 2.75) is 83.3 Å². The maximum absolute atomic E-state index is 13.1. The first-order chi connectivity index (χ1) is 12.6. The molecule has 2 heterocycles. The van der Waals surface area contributed by atoms with Gasteiger partial charge in [-0.3, -0.25) is 9.69 Å². The van der Waals surface area contributed by atoms with Crippen molar-refractivity contribution in [1.82, 2.24) is 20.4 Å². The van der Waals surface area contributed by atoms with Gasteiger partial charge in [-0.15, -0.1) is 0 Å². The number of aromatic nitrogens is 2.